The average molecular weight is 384 g/mol. The second-order valence-corrected chi connectivity index (χ2v) is 7.04. The maximum atomic E-state index is 13.2. The van der Waals surface area contributed by atoms with Crippen molar-refractivity contribution >= 4 is 23.4 Å². The molecule has 0 saturated heterocycles. The third-order valence-electron chi connectivity index (χ3n) is 4.11. The third kappa shape index (κ3) is 4.95. The number of benzene rings is 2. The first kappa shape index (κ1) is 19.1. The van der Waals surface area contributed by atoms with E-state index in [0.717, 1.165) is 17.5 Å². The van der Waals surface area contributed by atoms with Gasteiger partial charge >= 0.3 is 0 Å². The first-order valence-electron chi connectivity index (χ1n) is 8.71. The summed E-state index contributed by atoms with van der Waals surface area (Å²) in [7, 11) is 0. The van der Waals surface area contributed by atoms with Gasteiger partial charge in [-0.15, -0.1) is 10.2 Å². The lowest BCUT2D eigenvalue weighted by Crippen LogP contribution is -2.15. The van der Waals surface area contributed by atoms with Gasteiger partial charge in [-0.3, -0.25) is 4.79 Å². The molecule has 0 unspecified atom stereocenters. The lowest BCUT2D eigenvalue weighted by molar-refractivity contribution is -0.113. The van der Waals surface area contributed by atoms with Crippen LogP contribution in [0.4, 0.5) is 10.1 Å². The Morgan fingerprint density at radius 1 is 1.19 bits per heavy atom. The zero-order valence-corrected chi connectivity index (χ0v) is 16.1. The molecule has 1 amide bonds. The first-order chi connectivity index (χ1) is 13.1. The Bertz CT molecular complexity index is 927. The van der Waals surface area contributed by atoms with Crippen LogP contribution in [0, 0.1) is 12.7 Å². The Morgan fingerprint density at radius 3 is 2.67 bits per heavy atom. The minimum Gasteiger partial charge on any atom is -0.325 e. The molecule has 7 heteroatoms. The summed E-state index contributed by atoms with van der Waals surface area (Å²) in [5.41, 5.74) is 2.47. The molecule has 0 atom stereocenters. The molecule has 2 aromatic carbocycles. The van der Waals surface area contributed by atoms with E-state index in [4.69, 9.17) is 0 Å². The van der Waals surface area contributed by atoms with Crippen LogP contribution in [0.2, 0.25) is 0 Å². The van der Waals surface area contributed by atoms with Gasteiger partial charge in [-0.25, -0.2) is 4.39 Å². The summed E-state index contributed by atoms with van der Waals surface area (Å²) in [5.74, 6) is 0.605. The summed E-state index contributed by atoms with van der Waals surface area (Å²) in [6, 6.07) is 14.4. The molecule has 140 valence electrons. The molecule has 0 spiro atoms. The standard InChI is InChI=1S/C20H21FN4OS/c1-3-25-18(12-15-7-5-4-6-8-15)23-24-20(25)27-13-19(26)22-17-10-9-16(21)11-14(17)2/h4-11H,3,12-13H2,1-2H3,(H,22,26). The molecule has 0 bridgehead atoms. The summed E-state index contributed by atoms with van der Waals surface area (Å²) < 4.78 is 15.2. The normalized spacial score (nSPS) is 10.8. The quantitative estimate of drug-likeness (QED) is 0.624. The summed E-state index contributed by atoms with van der Waals surface area (Å²) in [5, 5.41) is 12.0. The second kappa shape index (κ2) is 8.81. The molecule has 0 aliphatic heterocycles. The number of nitrogens with zero attached hydrogens (tertiary/aromatic N) is 3. The smallest absolute Gasteiger partial charge is 0.234 e. The van der Waals surface area contributed by atoms with Crippen molar-refractivity contribution in [3.63, 3.8) is 0 Å². The number of nitrogens with one attached hydrogen (secondary N) is 1. The van der Waals surface area contributed by atoms with Gasteiger partial charge in [0.25, 0.3) is 0 Å². The van der Waals surface area contributed by atoms with Gasteiger partial charge in [0, 0.05) is 18.7 Å². The Balaban J connectivity index is 1.63. The van der Waals surface area contributed by atoms with Crippen molar-refractivity contribution < 1.29 is 9.18 Å². The SMILES string of the molecule is CCn1c(Cc2ccccc2)nnc1SCC(=O)Nc1ccc(F)cc1C. The average Bonchev–Trinajstić information content (AvgIpc) is 3.04. The Morgan fingerprint density at radius 2 is 1.96 bits per heavy atom. The number of carbonyl (C=O) groups excluding carboxylic acids is 1. The zero-order valence-electron chi connectivity index (χ0n) is 15.3. The minimum atomic E-state index is -0.318. The fourth-order valence-corrected chi connectivity index (χ4v) is 3.56. The molecule has 3 aromatic rings. The number of anilines is 1. The molecule has 3 rings (SSSR count). The van der Waals surface area contributed by atoms with Crippen molar-refractivity contribution in [3.05, 3.63) is 71.3 Å². The highest BCUT2D eigenvalue weighted by Crippen LogP contribution is 2.20. The number of amides is 1. The summed E-state index contributed by atoms with van der Waals surface area (Å²) in [6.07, 6.45) is 0.698. The van der Waals surface area contributed by atoms with Crippen LogP contribution in [0.1, 0.15) is 23.9 Å². The van der Waals surface area contributed by atoms with E-state index in [9.17, 15) is 9.18 Å². The van der Waals surface area contributed by atoms with Gasteiger partial charge in [-0.2, -0.15) is 0 Å². The van der Waals surface area contributed by atoms with Crippen molar-refractivity contribution in [2.75, 3.05) is 11.1 Å². The van der Waals surface area contributed by atoms with E-state index >= 15 is 0 Å². The Labute approximate surface area is 162 Å². The third-order valence-corrected chi connectivity index (χ3v) is 5.08. The van der Waals surface area contributed by atoms with Gasteiger partial charge in [0.05, 0.1) is 5.75 Å². The Hall–Kier alpha value is -2.67. The highest BCUT2D eigenvalue weighted by Gasteiger charge is 2.14. The van der Waals surface area contributed by atoms with Crippen LogP contribution >= 0.6 is 11.8 Å². The van der Waals surface area contributed by atoms with Gasteiger partial charge < -0.3 is 9.88 Å². The molecular formula is C20H21FN4OS. The predicted molar refractivity (Wildman–Crippen MR) is 105 cm³/mol. The van der Waals surface area contributed by atoms with E-state index in [0.29, 0.717) is 17.7 Å². The van der Waals surface area contributed by atoms with Crippen molar-refractivity contribution in [1.29, 1.82) is 0 Å². The largest absolute Gasteiger partial charge is 0.325 e. The summed E-state index contributed by atoms with van der Waals surface area (Å²) >= 11 is 1.34. The maximum Gasteiger partial charge on any atom is 0.234 e. The van der Waals surface area contributed by atoms with Crippen LogP contribution < -0.4 is 5.32 Å². The fourth-order valence-electron chi connectivity index (χ4n) is 2.74. The maximum absolute atomic E-state index is 13.2. The number of carbonyl (C=O) groups is 1. The predicted octanol–water partition coefficient (Wildman–Crippen LogP) is 4.07. The van der Waals surface area contributed by atoms with Crippen molar-refractivity contribution in [2.45, 2.75) is 32.0 Å². The molecule has 0 radical (unpaired) electrons. The molecule has 1 heterocycles. The summed E-state index contributed by atoms with van der Waals surface area (Å²) in [6.45, 7) is 4.52. The fraction of sp³-hybridized carbons (Fsp3) is 0.250. The number of rotatable bonds is 7. The van der Waals surface area contributed by atoms with Gasteiger partial charge in [0.2, 0.25) is 5.91 Å². The van der Waals surface area contributed by atoms with Crippen LogP contribution in [0.5, 0.6) is 0 Å². The van der Waals surface area contributed by atoms with Crippen molar-refractivity contribution in [2.24, 2.45) is 0 Å². The number of hydrogen-bond acceptors (Lipinski definition) is 4. The number of hydrogen-bond donors (Lipinski definition) is 1. The van der Waals surface area contributed by atoms with E-state index in [1.165, 1.54) is 29.5 Å². The van der Waals surface area contributed by atoms with Crippen LogP contribution in [0.25, 0.3) is 0 Å². The lowest BCUT2D eigenvalue weighted by Gasteiger charge is -2.09. The van der Waals surface area contributed by atoms with E-state index in [-0.39, 0.29) is 17.5 Å². The number of aryl methyl sites for hydroxylation is 1. The summed E-state index contributed by atoms with van der Waals surface area (Å²) in [4.78, 5) is 12.2. The highest BCUT2D eigenvalue weighted by molar-refractivity contribution is 7.99. The molecule has 0 aliphatic rings. The van der Waals surface area contributed by atoms with Gasteiger partial charge in [0.15, 0.2) is 5.16 Å². The molecule has 0 fully saturated rings. The first-order valence-corrected chi connectivity index (χ1v) is 9.70. The van der Waals surface area contributed by atoms with E-state index < -0.39 is 0 Å². The monoisotopic (exact) mass is 384 g/mol. The molecule has 1 N–H and O–H groups in total. The number of thioether (sulfide) groups is 1. The van der Waals surface area contributed by atoms with Gasteiger partial charge in [0.1, 0.15) is 11.6 Å². The number of aromatic nitrogens is 3. The van der Waals surface area contributed by atoms with Crippen molar-refractivity contribution in [3.8, 4) is 0 Å². The molecule has 0 saturated carbocycles. The van der Waals surface area contributed by atoms with E-state index in [1.807, 2.05) is 29.7 Å². The molecule has 5 nitrogen and oxygen atoms in total. The minimum absolute atomic E-state index is 0.162. The molecule has 0 aliphatic carbocycles. The van der Waals surface area contributed by atoms with Crippen LogP contribution in [0.15, 0.2) is 53.7 Å². The van der Waals surface area contributed by atoms with Crippen molar-refractivity contribution in [1.82, 2.24) is 14.8 Å². The van der Waals surface area contributed by atoms with E-state index in [2.05, 4.69) is 27.6 Å². The topological polar surface area (TPSA) is 59.8 Å². The molecule has 1 aromatic heterocycles. The second-order valence-electron chi connectivity index (χ2n) is 6.10. The van der Waals surface area contributed by atoms with Crippen LogP contribution in [-0.2, 0) is 17.8 Å². The lowest BCUT2D eigenvalue weighted by atomic mass is 10.1. The Kier molecular flexibility index (Phi) is 6.24. The highest BCUT2D eigenvalue weighted by atomic mass is 32.2. The van der Waals surface area contributed by atoms with Crippen LogP contribution in [0.3, 0.4) is 0 Å². The zero-order chi connectivity index (χ0) is 19.2. The van der Waals surface area contributed by atoms with Gasteiger partial charge in [-0.05, 0) is 43.2 Å². The van der Waals surface area contributed by atoms with E-state index in [1.54, 1.807) is 13.0 Å². The van der Waals surface area contributed by atoms with Gasteiger partial charge in [-0.1, -0.05) is 42.1 Å². The van der Waals surface area contributed by atoms with Crippen LogP contribution in [-0.4, -0.2) is 26.4 Å². The number of halogens is 1. The molecule has 27 heavy (non-hydrogen) atoms. The molecular weight excluding hydrogens is 363 g/mol.